The summed E-state index contributed by atoms with van der Waals surface area (Å²) in [4.78, 5) is 0. The number of nitrogens with one attached hydrogen (secondary N) is 1. The molecule has 2 aromatic rings. The third-order valence-electron chi connectivity index (χ3n) is 5.32. The number of hydrogen-bond acceptors (Lipinski definition) is 2. The van der Waals surface area contributed by atoms with Gasteiger partial charge in [0.25, 0.3) is 0 Å². The van der Waals surface area contributed by atoms with Crippen molar-refractivity contribution in [1.29, 1.82) is 0 Å². The Kier molecular flexibility index (Phi) is 5.92. The van der Waals surface area contributed by atoms with Crippen molar-refractivity contribution in [1.82, 2.24) is 5.32 Å². The Morgan fingerprint density at radius 2 is 1.62 bits per heavy atom. The molecule has 1 atom stereocenters. The molecule has 0 aromatic heterocycles. The molecule has 0 spiro atoms. The maximum atomic E-state index is 9.42. The molecule has 1 fully saturated rings. The number of phenols is 1. The van der Waals surface area contributed by atoms with E-state index in [-0.39, 0.29) is 0 Å². The van der Waals surface area contributed by atoms with E-state index in [1.54, 1.807) is 0 Å². The van der Waals surface area contributed by atoms with Crippen LogP contribution in [-0.4, -0.2) is 17.2 Å². The van der Waals surface area contributed by atoms with Gasteiger partial charge in [0.1, 0.15) is 5.75 Å². The molecule has 1 aliphatic carbocycles. The van der Waals surface area contributed by atoms with E-state index in [4.69, 9.17) is 0 Å². The normalized spacial score (nSPS) is 22.2. The summed E-state index contributed by atoms with van der Waals surface area (Å²) < 4.78 is 0. The summed E-state index contributed by atoms with van der Waals surface area (Å²) in [6, 6.07) is 19.8. The molecule has 2 nitrogen and oxygen atoms in total. The Morgan fingerprint density at radius 3 is 2.29 bits per heavy atom. The van der Waals surface area contributed by atoms with Gasteiger partial charge in [0.15, 0.2) is 0 Å². The minimum atomic E-state index is 0.362. The van der Waals surface area contributed by atoms with E-state index < -0.39 is 0 Å². The van der Waals surface area contributed by atoms with E-state index in [1.807, 2.05) is 12.1 Å². The number of benzene rings is 2. The van der Waals surface area contributed by atoms with Crippen LogP contribution < -0.4 is 5.32 Å². The topological polar surface area (TPSA) is 32.3 Å². The van der Waals surface area contributed by atoms with E-state index >= 15 is 0 Å². The molecule has 0 bridgehead atoms. The van der Waals surface area contributed by atoms with Gasteiger partial charge >= 0.3 is 0 Å². The first-order valence-electron chi connectivity index (χ1n) is 9.29. The molecule has 0 radical (unpaired) electrons. The summed E-state index contributed by atoms with van der Waals surface area (Å²) in [7, 11) is 0. The van der Waals surface area contributed by atoms with Crippen LogP contribution in [0.4, 0.5) is 0 Å². The number of phenolic OH excluding ortho intramolecular Hbond substituents is 1. The van der Waals surface area contributed by atoms with Crippen LogP contribution in [0.1, 0.15) is 56.1 Å². The second-order valence-corrected chi connectivity index (χ2v) is 7.23. The molecule has 1 saturated carbocycles. The Bertz CT molecular complexity index is 600. The number of aryl methyl sites for hydroxylation is 1. The summed E-state index contributed by atoms with van der Waals surface area (Å²) in [5, 5.41) is 13.2. The van der Waals surface area contributed by atoms with E-state index in [9.17, 15) is 5.11 Å². The van der Waals surface area contributed by atoms with Crippen LogP contribution in [0.25, 0.3) is 0 Å². The highest BCUT2D eigenvalue weighted by Gasteiger charge is 2.23. The highest BCUT2D eigenvalue weighted by atomic mass is 16.3. The summed E-state index contributed by atoms with van der Waals surface area (Å²) in [6.45, 7) is 2.31. The smallest absolute Gasteiger partial charge is 0.115 e. The van der Waals surface area contributed by atoms with Crippen molar-refractivity contribution in [3.63, 3.8) is 0 Å². The predicted molar refractivity (Wildman–Crippen MR) is 100 cm³/mol. The molecule has 24 heavy (non-hydrogen) atoms. The summed E-state index contributed by atoms with van der Waals surface area (Å²) >= 11 is 0. The zero-order valence-corrected chi connectivity index (χ0v) is 14.6. The van der Waals surface area contributed by atoms with Crippen LogP contribution in [0.3, 0.4) is 0 Å². The van der Waals surface area contributed by atoms with Crippen LogP contribution in [0.5, 0.6) is 5.75 Å². The summed E-state index contributed by atoms with van der Waals surface area (Å²) in [6.07, 6.45) is 7.34. The van der Waals surface area contributed by atoms with Crippen molar-refractivity contribution in [3.8, 4) is 5.75 Å². The maximum Gasteiger partial charge on any atom is 0.115 e. The second kappa shape index (κ2) is 8.34. The predicted octanol–water partition coefficient (Wildman–Crippen LogP) is 5.03. The van der Waals surface area contributed by atoms with E-state index in [1.165, 1.54) is 43.2 Å². The van der Waals surface area contributed by atoms with Gasteiger partial charge in [-0.05, 0) is 74.6 Å². The SMILES string of the molecule is CC(CCc1ccccc1)N[C@H]1CC[C@H](c2ccc(O)cc2)CC1. The lowest BCUT2D eigenvalue weighted by molar-refractivity contribution is 0.314. The fourth-order valence-electron chi connectivity index (χ4n) is 3.85. The zero-order valence-electron chi connectivity index (χ0n) is 14.6. The molecule has 2 heteroatoms. The van der Waals surface area contributed by atoms with Crippen molar-refractivity contribution >= 4 is 0 Å². The monoisotopic (exact) mass is 323 g/mol. The summed E-state index contributed by atoms with van der Waals surface area (Å²) in [5.41, 5.74) is 2.81. The van der Waals surface area contributed by atoms with Crippen molar-refractivity contribution in [2.24, 2.45) is 0 Å². The third kappa shape index (κ3) is 4.85. The first-order valence-corrected chi connectivity index (χ1v) is 9.29. The maximum absolute atomic E-state index is 9.42. The van der Waals surface area contributed by atoms with Gasteiger partial charge in [-0.2, -0.15) is 0 Å². The van der Waals surface area contributed by atoms with E-state index in [2.05, 4.69) is 54.7 Å². The molecular formula is C22H29NO. The molecule has 1 unspecified atom stereocenters. The standard InChI is InChI=1S/C22H29NO/c1-17(7-8-18-5-3-2-4-6-18)23-21-13-9-19(10-14-21)20-11-15-22(24)16-12-20/h2-6,11-12,15-17,19,21,23-24H,7-10,13-14H2,1H3/t17?,19-,21-. The first kappa shape index (κ1) is 17.0. The largest absolute Gasteiger partial charge is 0.508 e. The van der Waals surface area contributed by atoms with Gasteiger partial charge < -0.3 is 10.4 Å². The van der Waals surface area contributed by atoms with Crippen LogP contribution in [0, 0.1) is 0 Å². The molecule has 128 valence electrons. The average Bonchev–Trinajstić information content (AvgIpc) is 2.62. The number of aromatic hydroxyl groups is 1. The third-order valence-corrected chi connectivity index (χ3v) is 5.32. The molecule has 2 N–H and O–H groups in total. The van der Waals surface area contributed by atoms with Gasteiger partial charge in [-0.3, -0.25) is 0 Å². The van der Waals surface area contributed by atoms with Crippen LogP contribution in [0.15, 0.2) is 54.6 Å². The van der Waals surface area contributed by atoms with Gasteiger partial charge in [0.05, 0.1) is 0 Å². The lowest BCUT2D eigenvalue weighted by Gasteiger charge is -2.31. The van der Waals surface area contributed by atoms with Crippen LogP contribution in [-0.2, 0) is 6.42 Å². The van der Waals surface area contributed by atoms with Crippen molar-refractivity contribution in [2.75, 3.05) is 0 Å². The van der Waals surface area contributed by atoms with Crippen molar-refractivity contribution in [3.05, 3.63) is 65.7 Å². The Hall–Kier alpha value is -1.80. The Labute approximate surface area is 145 Å². The summed E-state index contributed by atoms with van der Waals surface area (Å²) in [5.74, 6) is 1.02. The fraction of sp³-hybridized carbons (Fsp3) is 0.455. The molecule has 0 aliphatic heterocycles. The Morgan fingerprint density at radius 1 is 0.958 bits per heavy atom. The molecule has 0 amide bonds. The molecule has 0 heterocycles. The zero-order chi connectivity index (χ0) is 16.8. The quantitative estimate of drug-likeness (QED) is 0.781. The van der Waals surface area contributed by atoms with Crippen LogP contribution >= 0.6 is 0 Å². The van der Waals surface area contributed by atoms with Gasteiger partial charge in [-0.15, -0.1) is 0 Å². The Balaban J connectivity index is 1.41. The van der Waals surface area contributed by atoms with Gasteiger partial charge in [0.2, 0.25) is 0 Å². The molecule has 2 aromatic carbocycles. The first-order chi connectivity index (χ1) is 11.7. The average molecular weight is 323 g/mol. The minimum absolute atomic E-state index is 0.362. The number of hydrogen-bond donors (Lipinski definition) is 2. The highest BCUT2D eigenvalue weighted by Crippen LogP contribution is 2.33. The van der Waals surface area contributed by atoms with E-state index in [0.717, 1.165) is 6.42 Å². The number of rotatable bonds is 6. The minimum Gasteiger partial charge on any atom is -0.508 e. The molecule has 1 aliphatic rings. The van der Waals surface area contributed by atoms with Gasteiger partial charge in [-0.1, -0.05) is 42.5 Å². The van der Waals surface area contributed by atoms with Gasteiger partial charge in [-0.25, -0.2) is 0 Å². The second-order valence-electron chi connectivity index (χ2n) is 7.23. The van der Waals surface area contributed by atoms with Gasteiger partial charge in [0, 0.05) is 12.1 Å². The van der Waals surface area contributed by atoms with E-state index in [0.29, 0.717) is 23.8 Å². The lowest BCUT2D eigenvalue weighted by Crippen LogP contribution is -2.39. The fourth-order valence-corrected chi connectivity index (χ4v) is 3.85. The van der Waals surface area contributed by atoms with Crippen molar-refractivity contribution < 1.29 is 5.11 Å². The molecular weight excluding hydrogens is 294 g/mol. The van der Waals surface area contributed by atoms with Crippen LogP contribution in [0.2, 0.25) is 0 Å². The highest BCUT2D eigenvalue weighted by molar-refractivity contribution is 5.28. The lowest BCUT2D eigenvalue weighted by atomic mass is 9.81. The van der Waals surface area contributed by atoms with Crippen molar-refractivity contribution in [2.45, 2.75) is 63.5 Å². The molecule has 3 rings (SSSR count). The molecule has 0 saturated heterocycles.